The minimum atomic E-state index is -4.57. The molecule has 1 atom stereocenters. The number of pyridine rings is 1. The lowest BCUT2D eigenvalue weighted by molar-refractivity contribution is -0.138. The Morgan fingerprint density at radius 2 is 1.56 bits per heavy atom. The number of piperazine rings is 1. The van der Waals surface area contributed by atoms with Crippen molar-refractivity contribution in [3.8, 4) is 0 Å². The Balaban J connectivity index is 1.16. The zero-order chi connectivity index (χ0) is 23.9. The van der Waals surface area contributed by atoms with Crippen LogP contribution in [0.15, 0.2) is 48.7 Å². The molecule has 3 fully saturated rings. The Morgan fingerprint density at radius 1 is 0.882 bits per heavy atom. The first kappa shape index (κ1) is 22.7. The number of hydrogen-bond donors (Lipinski definition) is 0. The van der Waals surface area contributed by atoms with Gasteiger partial charge in [0.1, 0.15) is 5.82 Å². The van der Waals surface area contributed by atoms with Gasteiger partial charge in [-0.1, -0.05) is 18.2 Å². The number of amides is 2. The van der Waals surface area contributed by atoms with Gasteiger partial charge in [-0.05, 0) is 48.9 Å². The molecule has 0 N–H and O–H groups in total. The summed E-state index contributed by atoms with van der Waals surface area (Å²) in [6.07, 6.45) is -0.709. The van der Waals surface area contributed by atoms with Crippen LogP contribution in [-0.4, -0.2) is 65.9 Å². The van der Waals surface area contributed by atoms with Gasteiger partial charge in [0, 0.05) is 51.4 Å². The van der Waals surface area contributed by atoms with Crippen LogP contribution < -0.4 is 4.90 Å². The van der Waals surface area contributed by atoms with Crippen molar-refractivity contribution in [2.75, 3.05) is 44.2 Å². The van der Waals surface area contributed by atoms with Crippen LogP contribution in [0.25, 0.3) is 0 Å². The van der Waals surface area contributed by atoms with Gasteiger partial charge in [-0.3, -0.25) is 9.59 Å². The molecule has 1 aliphatic carbocycles. The third-order valence-corrected chi connectivity index (χ3v) is 7.56. The average molecular weight is 473 g/mol. The number of hydrogen-bond acceptors (Lipinski definition) is 4. The number of carbonyl (C=O) groups is 2. The number of halogens is 3. The number of likely N-dealkylation sites (tertiary alicyclic amines) is 1. The Morgan fingerprint density at radius 3 is 2.21 bits per heavy atom. The third kappa shape index (κ3) is 4.23. The van der Waals surface area contributed by atoms with Gasteiger partial charge in [-0.15, -0.1) is 0 Å². The Hall–Kier alpha value is -3.10. The van der Waals surface area contributed by atoms with E-state index < -0.39 is 17.6 Å². The highest BCUT2D eigenvalue weighted by molar-refractivity contribution is 5.96. The molecule has 1 aromatic carbocycles. The molecule has 5 rings (SSSR count). The molecular weight excluding hydrogens is 445 g/mol. The van der Waals surface area contributed by atoms with Crippen LogP contribution in [0.2, 0.25) is 0 Å². The van der Waals surface area contributed by atoms with Gasteiger partial charge in [-0.25, -0.2) is 4.98 Å². The SMILES string of the molecule is O=C(c1ccccc1C(F)(F)F)N1CCC2(CC1)C[C@H]2C(=O)N1CCN(c2ccccn2)CC1. The number of nitrogens with zero attached hydrogens (tertiary/aromatic N) is 4. The monoisotopic (exact) mass is 472 g/mol. The van der Waals surface area contributed by atoms with Crippen LogP contribution >= 0.6 is 0 Å². The molecule has 1 spiro atoms. The second kappa shape index (κ2) is 8.60. The molecule has 3 heterocycles. The molecule has 0 unspecified atom stereocenters. The zero-order valence-electron chi connectivity index (χ0n) is 18.8. The van der Waals surface area contributed by atoms with Gasteiger partial charge in [0.2, 0.25) is 5.91 Å². The number of anilines is 1. The van der Waals surface area contributed by atoms with Crippen LogP contribution in [-0.2, 0) is 11.0 Å². The molecule has 2 aliphatic heterocycles. The summed E-state index contributed by atoms with van der Waals surface area (Å²) in [5.41, 5.74) is -1.32. The van der Waals surface area contributed by atoms with Crippen molar-refractivity contribution in [3.05, 3.63) is 59.8 Å². The van der Waals surface area contributed by atoms with E-state index in [9.17, 15) is 22.8 Å². The van der Waals surface area contributed by atoms with Crippen molar-refractivity contribution in [2.45, 2.75) is 25.4 Å². The molecule has 1 saturated carbocycles. The molecule has 2 saturated heterocycles. The Labute approximate surface area is 196 Å². The van der Waals surface area contributed by atoms with Crippen LogP contribution in [0.5, 0.6) is 0 Å². The zero-order valence-corrected chi connectivity index (χ0v) is 18.8. The number of aromatic nitrogens is 1. The van der Waals surface area contributed by atoms with Crippen molar-refractivity contribution in [1.82, 2.24) is 14.8 Å². The minimum Gasteiger partial charge on any atom is -0.353 e. The number of carbonyl (C=O) groups excluding carboxylic acids is 2. The van der Waals surface area contributed by atoms with E-state index in [0.29, 0.717) is 39.0 Å². The maximum Gasteiger partial charge on any atom is 0.417 e. The molecule has 34 heavy (non-hydrogen) atoms. The molecular formula is C25H27F3N4O2. The predicted molar refractivity (Wildman–Crippen MR) is 120 cm³/mol. The van der Waals surface area contributed by atoms with Gasteiger partial charge >= 0.3 is 6.18 Å². The lowest BCUT2D eigenvalue weighted by atomic mass is 9.89. The first-order valence-corrected chi connectivity index (χ1v) is 11.7. The van der Waals surface area contributed by atoms with Gasteiger partial charge in [0.05, 0.1) is 11.1 Å². The van der Waals surface area contributed by atoms with Crippen LogP contribution in [0.4, 0.5) is 19.0 Å². The van der Waals surface area contributed by atoms with Crippen molar-refractivity contribution >= 4 is 17.6 Å². The fourth-order valence-corrected chi connectivity index (χ4v) is 5.41. The number of rotatable bonds is 3. The van der Waals surface area contributed by atoms with Crippen LogP contribution in [0, 0.1) is 11.3 Å². The molecule has 3 aliphatic rings. The lowest BCUT2D eigenvalue weighted by Crippen LogP contribution is -2.50. The highest BCUT2D eigenvalue weighted by atomic mass is 19.4. The fourth-order valence-electron chi connectivity index (χ4n) is 5.41. The van der Waals surface area contributed by atoms with E-state index in [2.05, 4.69) is 9.88 Å². The normalized spacial score (nSPS) is 22.1. The van der Waals surface area contributed by atoms with Gasteiger partial charge in [0.25, 0.3) is 5.91 Å². The summed E-state index contributed by atoms with van der Waals surface area (Å²) in [6, 6.07) is 10.7. The van der Waals surface area contributed by atoms with E-state index in [1.54, 1.807) is 6.20 Å². The number of alkyl halides is 3. The van der Waals surface area contributed by atoms with Crippen LogP contribution in [0.3, 0.4) is 0 Å². The van der Waals surface area contributed by atoms with Crippen LogP contribution in [0.1, 0.15) is 35.2 Å². The van der Waals surface area contributed by atoms with Crippen molar-refractivity contribution < 1.29 is 22.8 Å². The Bertz CT molecular complexity index is 1060. The van der Waals surface area contributed by atoms with Crippen molar-refractivity contribution in [3.63, 3.8) is 0 Å². The maximum absolute atomic E-state index is 13.3. The van der Waals surface area contributed by atoms with Crippen molar-refractivity contribution in [1.29, 1.82) is 0 Å². The summed E-state index contributed by atoms with van der Waals surface area (Å²) in [5.74, 6) is 0.454. The summed E-state index contributed by atoms with van der Waals surface area (Å²) >= 11 is 0. The summed E-state index contributed by atoms with van der Waals surface area (Å²) < 4.78 is 40.0. The minimum absolute atomic E-state index is 0.0476. The Kier molecular flexibility index (Phi) is 5.73. The van der Waals surface area contributed by atoms with E-state index in [-0.39, 0.29) is 22.8 Å². The number of benzene rings is 1. The van der Waals surface area contributed by atoms with Crippen molar-refractivity contribution in [2.24, 2.45) is 11.3 Å². The highest BCUT2D eigenvalue weighted by Gasteiger charge is 2.59. The molecule has 9 heteroatoms. The summed E-state index contributed by atoms with van der Waals surface area (Å²) in [4.78, 5) is 36.0. The standard InChI is InChI=1S/C25H27F3N4O2/c26-25(27,28)19-6-2-1-5-18(19)22(33)31-11-8-24(9-12-31)17-20(24)23(34)32-15-13-30(14-16-32)21-7-3-4-10-29-21/h1-7,10,20H,8-9,11-17H2/t20-/m0/s1. The molecule has 0 radical (unpaired) electrons. The van der Waals surface area contributed by atoms with Gasteiger partial charge in [0.15, 0.2) is 0 Å². The second-order valence-electron chi connectivity index (χ2n) is 9.45. The third-order valence-electron chi connectivity index (χ3n) is 7.56. The number of piperidine rings is 1. The average Bonchev–Trinajstić information content (AvgIpc) is 3.56. The lowest BCUT2D eigenvalue weighted by Gasteiger charge is -2.37. The molecule has 1 aromatic heterocycles. The van der Waals surface area contributed by atoms with E-state index >= 15 is 0 Å². The van der Waals surface area contributed by atoms with E-state index in [0.717, 1.165) is 31.4 Å². The van der Waals surface area contributed by atoms with E-state index in [4.69, 9.17) is 0 Å². The molecule has 2 amide bonds. The quantitative estimate of drug-likeness (QED) is 0.684. The topological polar surface area (TPSA) is 56.8 Å². The molecule has 6 nitrogen and oxygen atoms in total. The largest absolute Gasteiger partial charge is 0.417 e. The highest BCUT2D eigenvalue weighted by Crippen LogP contribution is 2.60. The predicted octanol–water partition coefficient (Wildman–Crippen LogP) is 3.69. The van der Waals surface area contributed by atoms with E-state index in [1.807, 2.05) is 23.1 Å². The van der Waals surface area contributed by atoms with Gasteiger partial charge in [-0.2, -0.15) is 13.2 Å². The first-order valence-electron chi connectivity index (χ1n) is 11.7. The second-order valence-corrected chi connectivity index (χ2v) is 9.45. The van der Waals surface area contributed by atoms with Gasteiger partial charge < -0.3 is 14.7 Å². The summed E-state index contributed by atoms with van der Waals surface area (Å²) in [5, 5.41) is 0. The molecule has 180 valence electrons. The first-order chi connectivity index (χ1) is 16.3. The summed E-state index contributed by atoms with van der Waals surface area (Å²) in [7, 11) is 0. The fraction of sp³-hybridized carbons (Fsp3) is 0.480. The maximum atomic E-state index is 13.3. The molecule has 0 bridgehead atoms. The molecule has 2 aromatic rings. The summed E-state index contributed by atoms with van der Waals surface area (Å²) in [6.45, 7) is 3.54. The smallest absolute Gasteiger partial charge is 0.353 e. The van der Waals surface area contributed by atoms with E-state index in [1.165, 1.54) is 23.1 Å².